The van der Waals surface area contributed by atoms with Crippen LogP contribution in [-0.2, 0) is 4.79 Å². The van der Waals surface area contributed by atoms with Crippen LogP contribution in [0.5, 0.6) is 0 Å². The zero-order valence-electron chi connectivity index (χ0n) is 15.0. The summed E-state index contributed by atoms with van der Waals surface area (Å²) in [5, 5.41) is 9.72. The molecule has 1 aliphatic heterocycles. The molecular weight excluding hydrogens is 339 g/mol. The number of rotatable bonds is 2. The lowest BCUT2D eigenvalue weighted by Crippen LogP contribution is -2.32. The SMILES string of the molecule is CC1=NC2=C(C(=O)C[C@H](c3ccccc3)C2)[C@@H](c2ccc(F)cc2)C1C#N. The summed E-state index contributed by atoms with van der Waals surface area (Å²) in [6.45, 7) is 1.84. The molecule has 2 aromatic carbocycles. The number of hydrogen-bond donors (Lipinski definition) is 0. The highest BCUT2D eigenvalue weighted by Gasteiger charge is 2.41. The van der Waals surface area contributed by atoms with Gasteiger partial charge in [0.2, 0.25) is 0 Å². The van der Waals surface area contributed by atoms with Gasteiger partial charge in [-0.1, -0.05) is 42.5 Å². The molecule has 4 heteroatoms. The first-order valence-corrected chi connectivity index (χ1v) is 9.10. The highest BCUT2D eigenvalue weighted by atomic mass is 19.1. The molecule has 1 unspecified atom stereocenters. The predicted molar refractivity (Wildman–Crippen MR) is 102 cm³/mol. The van der Waals surface area contributed by atoms with E-state index in [0.29, 0.717) is 24.1 Å². The highest BCUT2D eigenvalue weighted by Crippen LogP contribution is 2.46. The van der Waals surface area contributed by atoms with Gasteiger partial charge in [-0.15, -0.1) is 0 Å². The van der Waals surface area contributed by atoms with Crippen LogP contribution < -0.4 is 0 Å². The van der Waals surface area contributed by atoms with Crippen molar-refractivity contribution < 1.29 is 9.18 Å². The van der Waals surface area contributed by atoms with E-state index in [1.54, 1.807) is 12.1 Å². The summed E-state index contributed by atoms with van der Waals surface area (Å²) in [7, 11) is 0. The average molecular weight is 358 g/mol. The predicted octanol–water partition coefficient (Wildman–Crippen LogP) is 4.92. The second kappa shape index (κ2) is 6.92. The maximum atomic E-state index is 13.4. The minimum absolute atomic E-state index is 0.0379. The summed E-state index contributed by atoms with van der Waals surface area (Å²) in [4.78, 5) is 17.8. The van der Waals surface area contributed by atoms with Crippen LogP contribution in [0.1, 0.15) is 42.7 Å². The number of nitrogens with zero attached hydrogens (tertiary/aromatic N) is 2. The molecule has 2 aliphatic rings. The summed E-state index contributed by atoms with van der Waals surface area (Å²) >= 11 is 0. The quantitative estimate of drug-likeness (QED) is 0.765. The Bertz CT molecular complexity index is 983. The van der Waals surface area contributed by atoms with Gasteiger partial charge in [-0.3, -0.25) is 9.79 Å². The van der Waals surface area contributed by atoms with Crippen molar-refractivity contribution in [3.63, 3.8) is 0 Å². The molecule has 0 saturated heterocycles. The number of hydrogen-bond acceptors (Lipinski definition) is 3. The Morgan fingerprint density at radius 3 is 2.41 bits per heavy atom. The lowest BCUT2D eigenvalue weighted by molar-refractivity contribution is -0.116. The smallest absolute Gasteiger partial charge is 0.161 e. The Balaban J connectivity index is 1.79. The van der Waals surface area contributed by atoms with Gasteiger partial charge in [-0.25, -0.2) is 4.39 Å². The van der Waals surface area contributed by atoms with Crippen LogP contribution in [0, 0.1) is 23.1 Å². The Morgan fingerprint density at radius 2 is 1.74 bits per heavy atom. The van der Waals surface area contributed by atoms with Crippen LogP contribution in [0.3, 0.4) is 0 Å². The third-order valence-electron chi connectivity index (χ3n) is 5.53. The number of halogens is 1. The van der Waals surface area contributed by atoms with Crippen LogP contribution in [0.4, 0.5) is 4.39 Å². The molecule has 1 heterocycles. The maximum Gasteiger partial charge on any atom is 0.161 e. The zero-order chi connectivity index (χ0) is 19.0. The van der Waals surface area contributed by atoms with E-state index in [-0.39, 0.29) is 23.4 Å². The molecule has 0 aromatic heterocycles. The van der Waals surface area contributed by atoms with E-state index in [4.69, 9.17) is 0 Å². The number of carbonyl (C=O) groups is 1. The molecule has 0 fully saturated rings. The van der Waals surface area contributed by atoms with Crippen molar-refractivity contribution >= 4 is 11.5 Å². The standard InChI is InChI=1S/C23H19FN2O/c1-14-19(13-25)22(16-7-9-18(24)10-8-16)23-20(26-14)11-17(12-21(23)27)15-5-3-2-4-6-15/h2-10,17,19,22H,11-12H2,1H3/t17-,19?,22+/m1/s1. The fraction of sp³-hybridized carbons (Fsp3) is 0.261. The normalized spacial score (nSPS) is 24.9. The van der Waals surface area contributed by atoms with Crippen molar-refractivity contribution in [1.82, 2.24) is 0 Å². The lowest BCUT2D eigenvalue weighted by atomic mass is 9.69. The molecule has 0 amide bonds. The van der Waals surface area contributed by atoms with E-state index in [2.05, 4.69) is 11.1 Å². The molecule has 1 aliphatic carbocycles. The largest absolute Gasteiger partial charge is 0.294 e. The Labute approximate surface area is 157 Å². The Hall–Kier alpha value is -3.06. The molecule has 0 saturated carbocycles. The molecule has 0 spiro atoms. The minimum Gasteiger partial charge on any atom is -0.294 e. The first kappa shape index (κ1) is 17.4. The average Bonchev–Trinajstić information content (AvgIpc) is 2.68. The van der Waals surface area contributed by atoms with Gasteiger partial charge in [0.15, 0.2) is 5.78 Å². The summed E-state index contributed by atoms with van der Waals surface area (Å²) in [6, 6.07) is 18.4. The van der Waals surface area contributed by atoms with Crippen LogP contribution >= 0.6 is 0 Å². The van der Waals surface area contributed by atoms with Crippen molar-refractivity contribution in [2.24, 2.45) is 10.9 Å². The second-order valence-electron chi connectivity index (χ2n) is 7.19. The van der Waals surface area contributed by atoms with E-state index < -0.39 is 5.92 Å². The fourth-order valence-corrected chi connectivity index (χ4v) is 4.22. The van der Waals surface area contributed by atoms with Gasteiger partial charge in [0.25, 0.3) is 0 Å². The molecule has 3 nitrogen and oxygen atoms in total. The molecule has 0 bridgehead atoms. The number of allylic oxidation sites excluding steroid dienone is 2. The van der Waals surface area contributed by atoms with Gasteiger partial charge >= 0.3 is 0 Å². The Kier molecular flexibility index (Phi) is 4.45. The van der Waals surface area contributed by atoms with E-state index in [1.807, 2.05) is 37.3 Å². The number of Topliss-reactive ketones (excluding diaryl/α,β-unsaturated/α-hetero) is 1. The number of benzene rings is 2. The third-order valence-corrected chi connectivity index (χ3v) is 5.53. The van der Waals surface area contributed by atoms with Crippen LogP contribution in [0.25, 0.3) is 0 Å². The van der Waals surface area contributed by atoms with E-state index in [9.17, 15) is 14.4 Å². The van der Waals surface area contributed by atoms with Crippen molar-refractivity contribution in [3.05, 3.63) is 82.8 Å². The van der Waals surface area contributed by atoms with E-state index in [0.717, 1.165) is 16.8 Å². The molecule has 134 valence electrons. The Morgan fingerprint density at radius 1 is 1.04 bits per heavy atom. The number of aliphatic imine (C=N–C) groups is 1. The van der Waals surface area contributed by atoms with Crippen LogP contribution in [0.15, 0.2) is 70.9 Å². The third kappa shape index (κ3) is 3.10. The molecule has 0 N–H and O–H groups in total. The number of nitriles is 1. The molecule has 2 aromatic rings. The number of carbonyl (C=O) groups excluding carboxylic acids is 1. The van der Waals surface area contributed by atoms with Crippen molar-refractivity contribution in [2.75, 3.05) is 0 Å². The number of ketones is 1. The summed E-state index contributed by atoms with van der Waals surface area (Å²) in [5.74, 6) is -1.09. The van der Waals surface area contributed by atoms with Gasteiger partial charge in [0.1, 0.15) is 5.82 Å². The topological polar surface area (TPSA) is 53.2 Å². The van der Waals surface area contributed by atoms with Gasteiger partial charge in [-0.05, 0) is 42.5 Å². The first-order valence-electron chi connectivity index (χ1n) is 9.10. The molecule has 27 heavy (non-hydrogen) atoms. The first-order chi connectivity index (χ1) is 13.1. The highest BCUT2D eigenvalue weighted by molar-refractivity contribution is 6.03. The van der Waals surface area contributed by atoms with Crippen molar-refractivity contribution in [1.29, 1.82) is 5.26 Å². The molecular formula is C23H19FN2O. The van der Waals surface area contributed by atoms with Crippen LogP contribution in [-0.4, -0.2) is 11.5 Å². The van der Waals surface area contributed by atoms with Crippen molar-refractivity contribution in [3.8, 4) is 6.07 Å². The molecule has 0 radical (unpaired) electrons. The second-order valence-corrected chi connectivity index (χ2v) is 7.19. The molecule has 3 atom stereocenters. The summed E-state index contributed by atoms with van der Waals surface area (Å²) in [5.41, 5.74) is 4.04. The van der Waals surface area contributed by atoms with Gasteiger partial charge in [0, 0.05) is 29.3 Å². The summed E-state index contributed by atoms with van der Waals surface area (Å²) in [6.07, 6.45) is 1.09. The van der Waals surface area contributed by atoms with Gasteiger partial charge in [-0.2, -0.15) is 5.26 Å². The zero-order valence-corrected chi connectivity index (χ0v) is 15.0. The van der Waals surface area contributed by atoms with Gasteiger partial charge in [0.05, 0.1) is 12.0 Å². The molecule has 4 rings (SSSR count). The van der Waals surface area contributed by atoms with Gasteiger partial charge < -0.3 is 0 Å². The van der Waals surface area contributed by atoms with E-state index >= 15 is 0 Å². The van der Waals surface area contributed by atoms with E-state index in [1.165, 1.54) is 12.1 Å². The van der Waals surface area contributed by atoms with Crippen LogP contribution in [0.2, 0.25) is 0 Å². The monoisotopic (exact) mass is 358 g/mol. The fourth-order valence-electron chi connectivity index (χ4n) is 4.22. The van der Waals surface area contributed by atoms with Crippen molar-refractivity contribution in [2.45, 2.75) is 31.6 Å². The summed E-state index contributed by atoms with van der Waals surface area (Å²) < 4.78 is 13.4. The lowest BCUT2D eigenvalue weighted by Gasteiger charge is -2.35. The minimum atomic E-state index is -0.508. The maximum absolute atomic E-state index is 13.4.